The maximum atomic E-state index is 12.9. The molecule has 4 rings (SSSR count). The van der Waals surface area contributed by atoms with Crippen molar-refractivity contribution >= 4 is 23.4 Å². The van der Waals surface area contributed by atoms with Crippen molar-refractivity contribution in [3.63, 3.8) is 0 Å². The highest BCUT2D eigenvalue weighted by atomic mass is 16.6. The van der Waals surface area contributed by atoms with Crippen LogP contribution in [-0.4, -0.2) is 60.8 Å². The van der Waals surface area contributed by atoms with Gasteiger partial charge in [-0.25, -0.2) is 9.67 Å². The molecule has 11 heteroatoms. The zero-order valence-corrected chi connectivity index (χ0v) is 17.2. The first kappa shape index (κ1) is 20.8. The van der Waals surface area contributed by atoms with Crippen LogP contribution < -0.4 is 0 Å². The number of nitro groups is 1. The van der Waals surface area contributed by atoms with Crippen LogP contribution in [0.5, 0.6) is 0 Å². The van der Waals surface area contributed by atoms with E-state index in [1.54, 1.807) is 18.1 Å². The van der Waals surface area contributed by atoms with E-state index >= 15 is 0 Å². The molecule has 0 N–H and O–H groups in total. The van der Waals surface area contributed by atoms with Gasteiger partial charge in [0.05, 0.1) is 22.2 Å². The second-order valence-corrected chi connectivity index (χ2v) is 7.27. The summed E-state index contributed by atoms with van der Waals surface area (Å²) in [6, 6.07) is 10.8. The SMILES string of the molecule is CC(c1ccc(-n2cncn2)cc1)N(C)C(=O)CN1C(=O)c2cccc([N+](=O)[O-])c2C1=O. The van der Waals surface area contributed by atoms with E-state index < -0.39 is 34.9 Å². The second kappa shape index (κ2) is 8.02. The maximum absolute atomic E-state index is 12.9. The van der Waals surface area contributed by atoms with Crippen molar-refractivity contribution in [1.29, 1.82) is 0 Å². The van der Waals surface area contributed by atoms with Crippen LogP contribution >= 0.6 is 0 Å². The van der Waals surface area contributed by atoms with E-state index in [0.717, 1.165) is 22.2 Å². The highest BCUT2D eigenvalue weighted by Gasteiger charge is 2.42. The number of hydrogen-bond donors (Lipinski definition) is 0. The Morgan fingerprint density at radius 1 is 1.16 bits per heavy atom. The first-order chi connectivity index (χ1) is 15.3. The topological polar surface area (TPSA) is 132 Å². The second-order valence-electron chi connectivity index (χ2n) is 7.27. The van der Waals surface area contributed by atoms with Gasteiger partial charge in [0, 0.05) is 13.1 Å². The Morgan fingerprint density at radius 3 is 2.50 bits per heavy atom. The van der Waals surface area contributed by atoms with Crippen molar-refractivity contribution < 1.29 is 19.3 Å². The number of amides is 3. The number of benzene rings is 2. The summed E-state index contributed by atoms with van der Waals surface area (Å²) in [6.45, 7) is 1.30. The highest BCUT2D eigenvalue weighted by molar-refractivity contribution is 6.24. The predicted octanol–water partition coefficient (Wildman–Crippen LogP) is 1.99. The summed E-state index contributed by atoms with van der Waals surface area (Å²) < 4.78 is 1.60. The molecule has 1 atom stereocenters. The standard InChI is InChI=1S/C21H18N6O5/c1-13(14-6-8-15(9-7-14)26-12-22-11-23-26)24(2)18(28)10-25-20(29)16-4-3-5-17(27(31)32)19(16)21(25)30/h3-9,11-13H,10H2,1-2H3. The minimum Gasteiger partial charge on any atom is -0.337 e. The molecule has 0 spiro atoms. The van der Waals surface area contributed by atoms with Gasteiger partial charge in [0.25, 0.3) is 17.5 Å². The average Bonchev–Trinajstić information content (AvgIpc) is 3.42. The minimum atomic E-state index is -0.844. The Balaban J connectivity index is 1.49. The Bertz CT molecular complexity index is 1220. The minimum absolute atomic E-state index is 0.0728. The molecule has 0 saturated carbocycles. The Hall–Kier alpha value is -4.41. The van der Waals surface area contributed by atoms with E-state index in [4.69, 9.17) is 0 Å². The van der Waals surface area contributed by atoms with Gasteiger partial charge in [-0.05, 0) is 30.7 Å². The summed E-state index contributed by atoms with van der Waals surface area (Å²) in [5.41, 5.74) is 0.832. The van der Waals surface area contributed by atoms with Crippen LogP contribution in [0.15, 0.2) is 55.1 Å². The maximum Gasteiger partial charge on any atom is 0.282 e. The van der Waals surface area contributed by atoms with Crippen molar-refractivity contribution in [3.05, 3.63) is 81.9 Å². The number of fused-ring (bicyclic) bond motifs is 1. The molecule has 32 heavy (non-hydrogen) atoms. The van der Waals surface area contributed by atoms with Gasteiger partial charge in [-0.2, -0.15) is 5.10 Å². The van der Waals surface area contributed by atoms with Crippen LogP contribution in [0.25, 0.3) is 5.69 Å². The summed E-state index contributed by atoms with van der Waals surface area (Å²) in [7, 11) is 1.57. The molecule has 1 aliphatic heterocycles. The lowest BCUT2D eigenvalue weighted by Crippen LogP contribution is -2.42. The number of aromatic nitrogens is 3. The molecule has 0 saturated heterocycles. The fourth-order valence-corrected chi connectivity index (χ4v) is 3.54. The molecule has 11 nitrogen and oxygen atoms in total. The summed E-state index contributed by atoms with van der Waals surface area (Å²) in [5, 5.41) is 15.3. The van der Waals surface area contributed by atoms with Gasteiger partial charge in [-0.1, -0.05) is 18.2 Å². The zero-order chi connectivity index (χ0) is 23.0. The number of carbonyl (C=O) groups is 3. The summed E-state index contributed by atoms with van der Waals surface area (Å²) in [5.74, 6) is -2.04. The van der Waals surface area contributed by atoms with Crippen LogP contribution in [0, 0.1) is 10.1 Å². The van der Waals surface area contributed by atoms with E-state index in [0.29, 0.717) is 0 Å². The molecule has 0 fully saturated rings. The fourth-order valence-electron chi connectivity index (χ4n) is 3.54. The van der Waals surface area contributed by atoms with Gasteiger partial charge in [-0.3, -0.25) is 29.4 Å². The van der Waals surface area contributed by atoms with Crippen LogP contribution in [-0.2, 0) is 4.79 Å². The molecule has 0 aliphatic carbocycles. The molecule has 2 heterocycles. The molecule has 2 aromatic carbocycles. The molecule has 0 radical (unpaired) electrons. The number of rotatable bonds is 6. The number of imide groups is 1. The van der Waals surface area contributed by atoms with Gasteiger partial charge in [0.1, 0.15) is 24.8 Å². The Labute approximate surface area is 182 Å². The molecule has 3 amide bonds. The van der Waals surface area contributed by atoms with Crippen molar-refractivity contribution in [2.24, 2.45) is 0 Å². The number of carbonyl (C=O) groups excluding carboxylic acids is 3. The molecule has 1 aromatic heterocycles. The molecule has 1 aliphatic rings. The van der Waals surface area contributed by atoms with Gasteiger partial charge in [-0.15, -0.1) is 0 Å². The monoisotopic (exact) mass is 434 g/mol. The van der Waals surface area contributed by atoms with E-state index in [9.17, 15) is 24.5 Å². The van der Waals surface area contributed by atoms with E-state index in [1.807, 2.05) is 31.2 Å². The molecule has 3 aromatic rings. The fraction of sp³-hybridized carbons (Fsp3) is 0.190. The van der Waals surface area contributed by atoms with Crippen molar-refractivity contribution in [3.8, 4) is 5.69 Å². The molecule has 162 valence electrons. The highest BCUT2D eigenvalue weighted by Crippen LogP contribution is 2.31. The predicted molar refractivity (Wildman–Crippen MR) is 111 cm³/mol. The summed E-state index contributed by atoms with van der Waals surface area (Å²) in [6.07, 6.45) is 3.00. The van der Waals surface area contributed by atoms with Crippen molar-refractivity contribution in [2.75, 3.05) is 13.6 Å². The lowest BCUT2D eigenvalue weighted by Gasteiger charge is -2.27. The number of nitrogens with zero attached hydrogens (tertiary/aromatic N) is 6. The Kier molecular flexibility index (Phi) is 5.23. The van der Waals surface area contributed by atoms with E-state index in [1.165, 1.54) is 23.4 Å². The average molecular weight is 434 g/mol. The third-order valence-electron chi connectivity index (χ3n) is 5.50. The Morgan fingerprint density at radius 2 is 1.88 bits per heavy atom. The third kappa shape index (κ3) is 3.49. The van der Waals surface area contributed by atoms with E-state index in [-0.39, 0.29) is 17.2 Å². The zero-order valence-electron chi connectivity index (χ0n) is 17.2. The number of nitro benzene ring substituents is 1. The smallest absolute Gasteiger partial charge is 0.282 e. The number of hydrogen-bond acceptors (Lipinski definition) is 7. The first-order valence-electron chi connectivity index (χ1n) is 9.63. The number of likely N-dealkylation sites (N-methyl/N-ethyl adjacent to an activating group) is 1. The van der Waals surface area contributed by atoms with Gasteiger partial charge < -0.3 is 4.90 Å². The van der Waals surface area contributed by atoms with Gasteiger partial charge >= 0.3 is 0 Å². The lowest BCUT2D eigenvalue weighted by molar-refractivity contribution is -0.385. The third-order valence-corrected chi connectivity index (χ3v) is 5.50. The van der Waals surface area contributed by atoms with Crippen molar-refractivity contribution in [1.82, 2.24) is 24.6 Å². The molecular formula is C21H18N6O5. The summed E-state index contributed by atoms with van der Waals surface area (Å²) >= 11 is 0. The quantitative estimate of drug-likeness (QED) is 0.329. The van der Waals surface area contributed by atoms with Gasteiger partial charge in [0.15, 0.2) is 0 Å². The lowest BCUT2D eigenvalue weighted by atomic mass is 10.1. The molecule has 0 bridgehead atoms. The summed E-state index contributed by atoms with van der Waals surface area (Å²) in [4.78, 5) is 54.8. The van der Waals surface area contributed by atoms with Gasteiger partial charge in [0.2, 0.25) is 5.91 Å². The van der Waals surface area contributed by atoms with Crippen LogP contribution in [0.4, 0.5) is 5.69 Å². The van der Waals surface area contributed by atoms with E-state index in [2.05, 4.69) is 10.1 Å². The molecular weight excluding hydrogens is 416 g/mol. The largest absolute Gasteiger partial charge is 0.337 e. The van der Waals surface area contributed by atoms with Crippen LogP contribution in [0.1, 0.15) is 39.2 Å². The molecule has 1 unspecified atom stereocenters. The van der Waals surface area contributed by atoms with Crippen LogP contribution in [0.3, 0.4) is 0 Å². The first-order valence-corrected chi connectivity index (χ1v) is 9.63. The van der Waals surface area contributed by atoms with Crippen molar-refractivity contribution in [2.45, 2.75) is 13.0 Å². The normalized spacial score (nSPS) is 13.8. The van der Waals surface area contributed by atoms with Crippen LogP contribution in [0.2, 0.25) is 0 Å².